The lowest BCUT2D eigenvalue weighted by Gasteiger charge is -1.95. The van der Waals surface area contributed by atoms with Gasteiger partial charge in [-0.25, -0.2) is 0 Å². The molecule has 2 nitrogen and oxygen atoms in total. The van der Waals surface area contributed by atoms with Crippen molar-refractivity contribution in [1.29, 1.82) is 0 Å². The van der Waals surface area contributed by atoms with E-state index in [1.807, 2.05) is 29.6 Å². The van der Waals surface area contributed by atoms with Gasteiger partial charge >= 0.3 is 0 Å². The van der Waals surface area contributed by atoms with E-state index in [0.29, 0.717) is 0 Å². The van der Waals surface area contributed by atoms with Gasteiger partial charge in [-0.1, -0.05) is 18.2 Å². The minimum Gasteiger partial charge on any atom is -0.355 e. The summed E-state index contributed by atoms with van der Waals surface area (Å²) in [5, 5.41) is 5.55. The molecule has 0 unspecified atom stereocenters. The number of hydrogen-bond donors (Lipinski definition) is 1. The summed E-state index contributed by atoms with van der Waals surface area (Å²) in [5.41, 5.74) is 0.767. The lowest BCUT2D eigenvalue weighted by atomic mass is 10.2. The second-order valence-electron chi connectivity index (χ2n) is 2.72. The monoisotopic (exact) mass is 191 g/mol. The molecule has 1 amide bonds. The van der Waals surface area contributed by atoms with Crippen molar-refractivity contribution in [3.63, 3.8) is 0 Å². The maximum absolute atomic E-state index is 11.4. The molecule has 0 radical (unpaired) electrons. The lowest BCUT2D eigenvalue weighted by Crippen LogP contribution is -2.16. The molecule has 1 heterocycles. The largest absolute Gasteiger partial charge is 0.355 e. The third-order valence-electron chi connectivity index (χ3n) is 1.95. The Balaban J connectivity index is 2.64. The molecule has 2 rings (SSSR count). The van der Waals surface area contributed by atoms with Gasteiger partial charge in [0.05, 0.1) is 5.56 Å². The highest BCUT2D eigenvalue weighted by Crippen LogP contribution is 2.25. The second kappa shape index (κ2) is 3.18. The van der Waals surface area contributed by atoms with Crippen molar-refractivity contribution >= 4 is 27.3 Å². The molecule has 13 heavy (non-hydrogen) atoms. The van der Waals surface area contributed by atoms with Gasteiger partial charge in [0.1, 0.15) is 0 Å². The smallest absolute Gasteiger partial charge is 0.252 e. The number of amides is 1. The zero-order valence-electron chi connectivity index (χ0n) is 7.20. The van der Waals surface area contributed by atoms with Crippen LogP contribution in [0.2, 0.25) is 0 Å². The van der Waals surface area contributed by atoms with Gasteiger partial charge in [0.25, 0.3) is 5.91 Å². The number of hydrogen-bond acceptors (Lipinski definition) is 2. The number of carbonyl (C=O) groups is 1. The van der Waals surface area contributed by atoms with Crippen molar-refractivity contribution in [1.82, 2.24) is 5.32 Å². The van der Waals surface area contributed by atoms with Crippen LogP contribution in [-0.2, 0) is 0 Å². The van der Waals surface area contributed by atoms with E-state index in [0.717, 1.165) is 15.6 Å². The first kappa shape index (κ1) is 8.26. The van der Waals surface area contributed by atoms with Crippen molar-refractivity contribution in [3.8, 4) is 0 Å². The van der Waals surface area contributed by atoms with Gasteiger partial charge in [0.2, 0.25) is 0 Å². The number of rotatable bonds is 1. The zero-order chi connectivity index (χ0) is 9.26. The third-order valence-corrected chi connectivity index (χ3v) is 2.92. The van der Waals surface area contributed by atoms with Crippen LogP contribution in [0.25, 0.3) is 10.1 Å². The average Bonchev–Trinajstić information content (AvgIpc) is 2.60. The standard InChI is InChI=1S/C10H9NOS/c1-11-10(12)8-6-13-9-5-3-2-4-7(8)9/h2-6H,1H3,(H,11,12). The number of benzene rings is 1. The Labute approximate surface area is 80.2 Å². The summed E-state index contributed by atoms with van der Waals surface area (Å²) in [6.07, 6.45) is 0. The van der Waals surface area contributed by atoms with Crippen LogP contribution in [0.1, 0.15) is 10.4 Å². The van der Waals surface area contributed by atoms with E-state index in [-0.39, 0.29) is 5.91 Å². The van der Waals surface area contributed by atoms with Crippen LogP contribution >= 0.6 is 11.3 Å². The van der Waals surface area contributed by atoms with Gasteiger partial charge in [-0.05, 0) is 6.07 Å². The summed E-state index contributed by atoms with van der Waals surface area (Å²) in [6.45, 7) is 0. The maximum atomic E-state index is 11.4. The predicted molar refractivity (Wildman–Crippen MR) is 55.2 cm³/mol. The first-order valence-electron chi connectivity index (χ1n) is 4.01. The van der Waals surface area contributed by atoms with E-state index < -0.39 is 0 Å². The third kappa shape index (κ3) is 1.31. The summed E-state index contributed by atoms with van der Waals surface area (Å²) in [6, 6.07) is 7.91. The highest BCUT2D eigenvalue weighted by molar-refractivity contribution is 7.17. The van der Waals surface area contributed by atoms with Gasteiger partial charge in [0, 0.05) is 22.5 Å². The molecule has 0 saturated carbocycles. The Hall–Kier alpha value is -1.35. The quantitative estimate of drug-likeness (QED) is 0.736. The molecule has 0 bridgehead atoms. The van der Waals surface area contributed by atoms with Gasteiger partial charge in [-0.2, -0.15) is 0 Å². The molecule has 1 aromatic heterocycles. The van der Waals surface area contributed by atoms with E-state index in [1.54, 1.807) is 18.4 Å². The summed E-state index contributed by atoms with van der Waals surface area (Å²) in [7, 11) is 1.65. The number of carbonyl (C=O) groups excluding carboxylic acids is 1. The molecule has 0 saturated heterocycles. The van der Waals surface area contributed by atoms with E-state index in [4.69, 9.17) is 0 Å². The molecular weight excluding hydrogens is 182 g/mol. The Morgan fingerprint density at radius 1 is 1.38 bits per heavy atom. The molecule has 1 N–H and O–H groups in total. The Bertz CT molecular complexity index is 447. The summed E-state index contributed by atoms with van der Waals surface area (Å²) < 4.78 is 1.15. The van der Waals surface area contributed by atoms with Crippen molar-refractivity contribution in [2.45, 2.75) is 0 Å². The minimum atomic E-state index is -0.0163. The van der Waals surface area contributed by atoms with E-state index in [9.17, 15) is 4.79 Å². The maximum Gasteiger partial charge on any atom is 0.252 e. The average molecular weight is 191 g/mol. The minimum absolute atomic E-state index is 0.0163. The Morgan fingerprint density at radius 3 is 2.92 bits per heavy atom. The fourth-order valence-corrected chi connectivity index (χ4v) is 2.23. The molecular formula is C10H9NOS. The zero-order valence-corrected chi connectivity index (χ0v) is 8.02. The summed E-state index contributed by atoms with van der Waals surface area (Å²) in [5.74, 6) is -0.0163. The van der Waals surface area contributed by atoms with Gasteiger partial charge < -0.3 is 5.32 Å². The molecule has 0 atom stereocenters. The van der Waals surface area contributed by atoms with Crippen LogP contribution in [-0.4, -0.2) is 13.0 Å². The van der Waals surface area contributed by atoms with E-state index >= 15 is 0 Å². The fourth-order valence-electron chi connectivity index (χ4n) is 1.29. The van der Waals surface area contributed by atoms with Crippen LogP contribution in [0.15, 0.2) is 29.6 Å². The molecule has 66 valence electrons. The molecule has 0 aliphatic heterocycles. The second-order valence-corrected chi connectivity index (χ2v) is 3.64. The molecule has 0 aliphatic rings. The van der Waals surface area contributed by atoms with E-state index in [1.165, 1.54) is 0 Å². The van der Waals surface area contributed by atoms with Gasteiger partial charge in [0.15, 0.2) is 0 Å². The number of thiophene rings is 1. The molecule has 2 aromatic rings. The molecule has 0 fully saturated rings. The lowest BCUT2D eigenvalue weighted by molar-refractivity contribution is 0.0965. The SMILES string of the molecule is CNC(=O)c1csc2ccccc12. The van der Waals surface area contributed by atoms with Crippen LogP contribution in [0.3, 0.4) is 0 Å². The van der Waals surface area contributed by atoms with Crippen molar-refractivity contribution in [2.75, 3.05) is 7.05 Å². The number of fused-ring (bicyclic) bond motifs is 1. The van der Waals surface area contributed by atoms with Crippen LogP contribution in [0.5, 0.6) is 0 Å². The van der Waals surface area contributed by atoms with Crippen molar-refractivity contribution < 1.29 is 4.79 Å². The predicted octanol–water partition coefficient (Wildman–Crippen LogP) is 2.26. The highest BCUT2D eigenvalue weighted by Gasteiger charge is 2.08. The first-order valence-corrected chi connectivity index (χ1v) is 4.89. The summed E-state index contributed by atoms with van der Waals surface area (Å²) >= 11 is 1.60. The normalized spacial score (nSPS) is 10.2. The van der Waals surface area contributed by atoms with Gasteiger partial charge in [-0.15, -0.1) is 11.3 Å². The van der Waals surface area contributed by atoms with Gasteiger partial charge in [-0.3, -0.25) is 4.79 Å². The molecule has 0 aliphatic carbocycles. The van der Waals surface area contributed by atoms with Crippen molar-refractivity contribution in [2.24, 2.45) is 0 Å². The Morgan fingerprint density at radius 2 is 2.15 bits per heavy atom. The highest BCUT2D eigenvalue weighted by atomic mass is 32.1. The number of nitrogens with one attached hydrogen (secondary N) is 1. The fraction of sp³-hybridized carbons (Fsp3) is 0.100. The van der Waals surface area contributed by atoms with E-state index in [2.05, 4.69) is 5.32 Å². The molecule has 0 spiro atoms. The Kier molecular flexibility index (Phi) is 2.02. The summed E-state index contributed by atoms with van der Waals surface area (Å²) in [4.78, 5) is 11.4. The molecule has 1 aromatic carbocycles. The van der Waals surface area contributed by atoms with Crippen LogP contribution < -0.4 is 5.32 Å². The van der Waals surface area contributed by atoms with Crippen LogP contribution in [0.4, 0.5) is 0 Å². The first-order chi connectivity index (χ1) is 6.33. The molecule has 3 heteroatoms. The van der Waals surface area contributed by atoms with Crippen molar-refractivity contribution in [3.05, 3.63) is 35.2 Å². The van der Waals surface area contributed by atoms with Crippen LogP contribution in [0, 0.1) is 0 Å². The topological polar surface area (TPSA) is 29.1 Å².